The van der Waals surface area contributed by atoms with Gasteiger partial charge in [0.05, 0.1) is 5.69 Å². The minimum atomic E-state index is -0.609. The van der Waals surface area contributed by atoms with Crippen molar-refractivity contribution >= 4 is 11.6 Å². The number of nitrogens with zero attached hydrogens (tertiary/aromatic N) is 5. The number of carbonyl (C=O) groups is 1. The summed E-state index contributed by atoms with van der Waals surface area (Å²) in [6.07, 6.45) is 3.32. The molecule has 1 N–H and O–H groups in total. The summed E-state index contributed by atoms with van der Waals surface area (Å²) in [5.41, 5.74) is 4.77. The molecule has 0 aliphatic rings. The molecule has 0 bridgehead atoms. The van der Waals surface area contributed by atoms with Gasteiger partial charge in [-0.15, -0.1) is 0 Å². The van der Waals surface area contributed by atoms with Gasteiger partial charge in [0.1, 0.15) is 12.1 Å². The maximum Gasteiger partial charge on any atom is 0.439 e. The number of hydrogen-bond acceptors (Lipinski definition) is 7. The molecule has 0 saturated heterocycles. The quantitative estimate of drug-likeness (QED) is 0.315. The Morgan fingerprint density at radius 1 is 1.08 bits per heavy atom. The Morgan fingerprint density at radius 2 is 1.82 bits per heavy atom. The lowest BCUT2D eigenvalue weighted by atomic mass is 9.96. The molecule has 0 amide bonds. The molecule has 0 radical (unpaired) electrons. The van der Waals surface area contributed by atoms with E-state index in [0.29, 0.717) is 42.8 Å². The van der Waals surface area contributed by atoms with Crippen molar-refractivity contribution in [1.82, 2.24) is 29.3 Å². The van der Waals surface area contributed by atoms with E-state index in [0.717, 1.165) is 27.9 Å². The van der Waals surface area contributed by atoms with Crippen LogP contribution in [0.1, 0.15) is 56.0 Å². The molecule has 3 heterocycles. The third-order valence-electron chi connectivity index (χ3n) is 6.92. The van der Waals surface area contributed by atoms with Crippen molar-refractivity contribution in [2.24, 2.45) is 0 Å². The van der Waals surface area contributed by atoms with Crippen LogP contribution in [0.15, 0.2) is 69.0 Å². The SMILES string of the molecule is CCC(=O)CCC(C)n1c(=O)c(Cc2ccc(-c3ccccc3-c3noc(=O)[nH]3)cc2)c(C)n2ncnc12. The fourth-order valence-electron chi connectivity index (χ4n) is 4.73. The minimum absolute atomic E-state index is 0.121. The van der Waals surface area contributed by atoms with E-state index in [2.05, 4.69) is 24.7 Å². The Bertz CT molecular complexity index is 1720. The third-order valence-corrected chi connectivity index (χ3v) is 6.92. The van der Waals surface area contributed by atoms with Crippen LogP contribution in [0.5, 0.6) is 0 Å². The molecule has 2 aromatic carbocycles. The largest absolute Gasteiger partial charge is 0.439 e. The standard InChI is InChI=1S/C28H28N6O4/c1-4-21(35)14-9-17(2)33-26(36)24(18(3)34-27(33)29-16-30-34)15-19-10-12-20(13-11-19)22-7-5-6-8-23(22)25-31-28(37)38-32-25/h5-8,10-13,16-17H,4,9,14-15H2,1-3H3,(H,31,32,37). The maximum atomic E-state index is 13.7. The lowest BCUT2D eigenvalue weighted by Gasteiger charge is -2.19. The Labute approximate surface area is 218 Å². The highest BCUT2D eigenvalue weighted by Crippen LogP contribution is 2.30. The molecule has 10 heteroatoms. The second-order valence-electron chi connectivity index (χ2n) is 9.35. The number of H-pyrrole nitrogens is 1. The van der Waals surface area contributed by atoms with E-state index < -0.39 is 5.76 Å². The van der Waals surface area contributed by atoms with E-state index in [1.165, 1.54) is 6.33 Å². The molecule has 1 atom stereocenters. The van der Waals surface area contributed by atoms with Gasteiger partial charge in [-0.05, 0) is 37.0 Å². The fourth-order valence-corrected chi connectivity index (χ4v) is 4.73. The van der Waals surface area contributed by atoms with Gasteiger partial charge in [0.15, 0.2) is 5.82 Å². The summed E-state index contributed by atoms with van der Waals surface area (Å²) < 4.78 is 8.03. The number of hydrogen-bond donors (Lipinski definition) is 1. The van der Waals surface area contributed by atoms with E-state index in [4.69, 9.17) is 0 Å². The Balaban J connectivity index is 1.48. The number of fused-ring (bicyclic) bond motifs is 1. The number of benzene rings is 2. The van der Waals surface area contributed by atoms with Crippen LogP contribution in [-0.2, 0) is 11.2 Å². The van der Waals surface area contributed by atoms with Crippen molar-refractivity contribution in [3.8, 4) is 22.5 Å². The van der Waals surface area contributed by atoms with Crippen molar-refractivity contribution in [2.75, 3.05) is 0 Å². The number of aromatic amines is 1. The predicted molar refractivity (Wildman–Crippen MR) is 142 cm³/mol. The molecule has 5 rings (SSSR count). The normalized spacial score (nSPS) is 12.2. The molecule has 0 fully saturated rings. The van der Waals surface area contributed by atoms with E-state index in [-0.39, 0.29) is 17.4 Å². The summed E-state index contributed by atoms with van der Waals surface area (Å²) in [5, 5.41) is 8.17. The number of ketones is 1. The van der Waals surface area contributed by atoms with Crippen LogP contribution in [0, 0.1) is 6.92 Å². The lowest BCUT2D eigenvalue weighted by molar-refractivity contribution is -0.119. The molecule has 0 aliphatic carbocycles. The van der Waals surface area contributed by atoms with Crippen LogP contribution in [-0.4, -0.2) is 35.1 Å². The number of aromatic nitrogens is 6. The van der Waals surface area contributed by atoms with Gasteiger partial charge in [-0.3, -0.25) is 23.7 Å². The summed E-state index contributed by atoms with van der Waals surface area (Å²) in [6.45, 7) is 5.66. The van der Waals surface area contributed by atoms with Crippen LogP contribution in [0.4, 0.5) is 0 Å². The molecule has 0 saturated carbocycles. The van der Waals surface area contributed by atoms with Crippen molar-refractivity contribution in [2.45, 2.75) is 52.5 Å². The van der Waals surface area contributed by atoms with Gasteiger partial charge in [0.2, 0.25) is 5.78 Å². The first-order chi connectivity index (χ1) is 18.4. The third kappa shape index (κ3) is 4.72. The monoisotopic (exact) mass is 512 g/mol. The van der Waals surface area contributed by atoms with E-state index in [1.54, 1.807) is 9.08 Å². The number of rotatable bonds is 9. The van der Waals surface area contributed by atoms with Gasteiger partial charge >= 0.3 is 5.76 Å². The van der Waals surface area contributed by atoms with Gasteiger partial charge in [0, 0.05) is 36.4 Å². The summed E-state index contributed by atoms with van der Waals surface area (Å²) in [7, 11) is 0. The van der Waals surface area contributed by atoms with E-state index in [9.17, 15) is 14.4 Å². The fraction of sp³-hybridized carbons (Fsp3) is 0.286. The highest BCUT2D eigenvalue weighted by molar-refractivity contribution is 5.80. The van der Waals surface area contributed by atoms with Crippen molar-refractivity contribution in [3.05, 3.63) is 92.6 Å². The number of Topliss-reactive ketones (excluding diaryl/α,β-unsaturated/α-hetero) is 1. The molecule has 1 unspecified atom stereocenters. The second-order valence-corrected chi connectivity index (χ2v) is 9.35. The average Bonchev–Trinajstić information content (AvgIpc) is 3.59. The summed E-state index contributed by atoms with van der Waals surface area (Å²) in [4.78, 5) is 44.0. The Hall–Kier alpha value is -4.60. The van der Waals surface area contributed by atoms with Gasteiger partial charge in [0.25, 0.3) is 5.56 Å². The van der Waals surface area contributed by atoms with Crippen LogP contribution in [0.25, 0.3) is 28.3 Å². The van der Waals surface area contributed by atoms with Crippen LogP contribution in [0.2, 0.25) is 0 Å². The smallest absolute Gasteiger partial charge is 0.300 e. The van der Waals surface area contributed by atoms with Gasteiger partial charge in [-0.2, -0.15) is 10.1 Å². The molecule has 194 valence electrons. The zero-order valence-corrected chi connectivity index (χ0v) is 21.5. The second kappa shape index (κ2) is 10.4. The predicted octanol–water partition coefficient (Wildman–Crippen LogP) is 4.12. The summed E-state index contributed by atoms with van der Waals surface area (Å²) >= 11 is 0. The summed E-state index contributed by atoms with van der Waals surface area (Å²) in [5.74, 6) is 0.403. The molecule has 3 aromatic heterocycles. The van der Waals surface area contributed by atoms with Gasteiger partial charge in [-0.25, -0.2) is 9.31 Å². The topological polar surface area (TPSA) is 128 Å². The Morgan fingerprint density at radius 3 is 2.50 bits per heavy atom. The summed E-state index contributed by atoms with van der Waals surface area (Å²) in [6, 6.07) is 15.3. The lowest BCUT2D eigenvalue weighted by Crippen LogP contribution is -2.31. The first-order valence-electron chi connectivity index (χ1n) is 12.6. The molecular formula is C28H28N6O4. The van der Waals surface area contributed by atoms with Crippen LogP contribution in [0.3, 0.4) is 0 Å². The first-order valence-corrected chi connectivity index (χ1v) is 12.6. The number of nitrogens with one attached hydrogen (secondary N) is 1. The van der Waals surface area contributed by atoms with Crippen LogP contribution >= 0.6 is 0 Å². The van der Waals surface area contributed by atoms with Gasteiger partial charge in [-0.1, -0.05) is 60.6 Å². The number of carbonyl (C=O) groups excluding carboxylic acids is 1. The van der Waals surface area contributed by atoms with Gasteiger partial charge < -0.3 is 0 Å². The highest BCUT2D eigenvalue weighted by atomic mass is 16.5. The van der Waals surface area contributed by atoms with Crippen molar-refractivity contribution in [1.29, 1.82) is 0 Å². The minimum Gasteiger partial charge on any atom is -0.300 e. The zero-order chi connectivity index (χ0) is 26.8. The molecule has 38 heavy (non-hydrogen) atoms. The van der Waals surface area contributed by atoms with Crippen molar-refractivity contribution in [3.63, 3.8) is 0 Å². The molecule has 0 spiro atoms. The van der Waals surface area contributed by atoms with E-state index >= 15 is 0 Å². The Kier molecular flexibility index (Phi) is 6.87. The highest BCUT2D eigenvalue weighted by Gasteiger charge is 2.20. The molecule has 5 aromatic rings. The van der Waals surface area contributed by atoms with E-state index in [1.807, 2.05) is 69.3 Å². The average molecular weight is 513 g/mol. The first kappa shape index (κ1) is 25.1. The molecular weight excluding hydrogens is 484 g/mol. The molecule has 10 nitrogen and oxygen atoms in total. The zero-order valence-electron chi connectivity index (χ0n) is 21.5. The number of aryl methyl sites for hydroxylation is 1. The maximum absolute atomic E-state index is 13.7. The van der Waals surface area contributed by atoms with Crippen LogP contribution < -0.4 is 11.3 Å². The molecule has 0 aliphatic heterocycles. The van der Waals surface area contributed by atoms with Crippen molar-refractivity contribution < 1.29 is 9.32 Å².